The van der Waals surface area contributed by atoms with Crippen LogP contribution in [0.25, 0.3) is 0 Å². The van der Waals surface area contributed by atoms with Gasteiger partial charge < -0.3 is 9.47 Å². The van der Waals surface area contributed by atoms with E-state index < -0.39 is 5.79 Å². The molecule has 0 aromatic rings. The van der Waals surface area contributed by atoms with Crippen LogP contribution >= 0.6 is 0 Å². The SMILES string of the molecule is C=CCC1(C/C=C/CCCCCC)COC(C)(C)OC1. The van der Waals surface area contributed by atoms with Gasteiger partial charge in [-0.3, -0.25) is 0 Å². The van der Waals surface area contributed by atoms with E-state index in [1.807, 2.05) is 19.9 Å². The highest BCUT2D eigenvalue weighted by Crippen LogP contribution is 2.36. The highest BCUT2D eigenvalue weighted by Gasteiger charge is 2.38. The lowest BCUT2D eigenvalue weighted by atomic mass is 9.81. The second-order valence-corrected chi connectivity index (χ2v) is 6.49. The van der Waals surface area contributed by atoms with Crippen molar-refractivity contribution < 1.29 is 9.47 Å². The first-order chi connectivity index (χ1) is 9.54. The fraction of sp³-hybridized carbons (Fsp3) is 0.778. The van der Waals surface area contributed by atoms with E-state index in [4.69, 9.17) is 9.47 Å². The predicted octanol–water partition coefficient (Wildman–Crippen LogP) is 5.25. The molecule has 1 aliphatic heterocycles. The van der Waals surface area contributed by atoms with E-state index in [1.165, 1.54) is 32.1 Å². The topological polar surface area (TPSA) is 18.5 Å². The van der Waals surface area contributed by atoms with Gasteiger partial charge in [-0.05, 0) is 39.5 Å². The standard InChI is InChI=1S/C18H32O2/c1-5-7-8-9-10-11-12-14-18(13-6-2)15-19-17(3,4)20-16-18/h6,11-12H,2,5,7-10,13-16H2,1,3-4H3/b12-11+. The summed E-state index contributed by atoms with van der Waals surface area (Å²) in [6, 6.07) is 0. The van der Waals surface area contributed by atoms with E-state index in [2.05, 4.69) is 25.7 Å². The Bertz CT molecular complexity index is 295. The molecule has 1 aliphatic rings. The van der Waals surface area contributed by atoms with Crippen LogP contribution in [0, 0.1) is 5.41 Å². The van der Waals surface area contributed by atoms with Crippen molar-refractivity contribution in [1.82, 2.24) is 0 Å². The maximum Gasteiger partial charge on any atom is 0.162 e. The van der Waals surface area contributed by atoms with Gasteiger partial charge in [-0.15, -0.1) is 6.58 Å². The number of ether oxygens (including phenoxy) is 2. The van der Waals surface area contributed by atoms with E-state index in [1.54, 1.807) is 0 Å². The molecule has 2 heteroatoms. The smallest absolute Gasteiger partial charge is 0.162 e. The molecule has 0 radical (unpaired) electrons. The average molecular weight is 280 g/mol. The third-order valence-corrected chi connectivity index (χ3v) is 3.97. The van der Waals surface area contributed by atoms with E-state index >= 15 is 0 Å². The first-order valence-corrected chi connectivity index (χ1v) is 8.07. The molecule has 0 aromatic heterocycles. The molecule has 1 fully saturated rings. The van der Waals surface area contributed by atoms with Gasteiger partial charge in [0.2, 0.25) is 0 Å². The molecule has 116 valence electrons. The van der Waals surface area contributed by atoms with Crippen LogP contribution in [0.2, 0.25) is 0 Å². The average Bonchev–Trinajstić information content (AvgIpc) is 2.42. The second kappa shape index (κ2) is 8.63. The molecule has 0 bridgehead atoms. The van der Waals surface area contributed by atoms with Gasteiger partial charge in [0, 0.05) is 5.41 Å². The summed E-state index contributed by atoms with van der Waals surface area (Å²) in [7, 11) is 0. The van der Waals surface area contributed by atoms with E-state index in [9.17, 15) is 0 Å². The van der Waals surface area contributed by atoms with E-state index in [-0.39, 0.29) is 5.41 Å². The number of unbranched alkanes of at least 4 members (excludes halogenated alkanes) is 4. The Morgan fingerprint density at radius 1 is 1.00 bits per heavy atom. The molecule has 1 rings (SSSR count). The van der Waals surface area contributed by atoms with Gasteiger partial charge in [-0.25, -0.2) is 0 Å². The summed E-state index contributed by atoms with van der Waals surface area (Å²) in [5, 5.41) is 0. The minimum Gasteiger partial charge on any atom is -0.350 e. The van der Waals surface area contributed by atoms with Crippen molar-refractivity contribution in [3.63, 3.8) is 0 Å². The fourth-order valence-corrected chi connectivity index (χ4v) is 2.50. The molecule has 0 spiro atoms. The summed E-state index contributed by atoms with van der Waals surface area (Å²) in [5.41, 5.74) is 0.0805. The Kier molecular flexibility index (Phi) is 7.53. The van der Waals surface area contributed by atoms with Crippen LogP contribution < -0.4 is 0 Å². The van der Waals surface area contributed by atoms with Gasteiger partial charge in [0.25, 0.3) is 0 Å². The second-order valence-electron chi connectivity index (χ2n) is 6.49. The summed E-state index contributed by atoms with van der Waals surface area (Å²) in [6.07, 6.45) is 15.1. The molecule has 0 aliphatic carbocycles. The molecule has 20 heavy (non-hydrogen) atoms. The molecule has 0 saturated carbocycles. The van der Waals surface area contributed by atoms with Crippen LogP contribution in [0.15, 0.2) is 24.8 Å². The van der Waals surface area contributed by atoms with E-state index in [0.717, 1.165) is 26.1 Å². The van der Waals surface area contributed by atoms with Gasteiger partial charge in [0.05, 0.1) is 13.2 Å². The van der Waals surface area contributed by atoms with Crippen LogP contribution in [0.3, 0.4) is 0 Å². The van der Waals surface area contributed by atoms with Gasteiger partial charge >= 0.3 is 0 Å². The summed E-state index contributed by atoms with van der Waals surface area (Å²) in [6.45, 7) is 11.6. The highest BCUT2D eigenvalue weighted by molar-refractivity contribution is 4.96. The monoisotopic (exact) mass is 280 g/mol. The number of rotatable bonds is 9. The summed E-state index contributed by atoms with van der Waals surface area (Å²) in [4.78, 5) is 0. The van der Waals surface area contributed by atoms with Gasteiger partial charge in [-0.2, -0.15) is 0 Å². The van der Waals surface area contributed by atoms with Crippen molar-refractivity contribution in [1.29, 1.82) is 0 Å². The normalized spacial score (nSPS) is 21.1. The zero-order valence-electron chi connectivity index (χ0n) is 13.6. The minimum atomic E-state index is -0.436. The molecule has 0 N–H and O–H groups in total. The zero-order valence-corrected chi connectivity index (χ0v) is 13.6. The van der Waals surface area contributed by atoms with Crippen molar-refractivity contribution >= 4 is 0 Å². The van der Waals surface area contributed by atoms with Crippen LogP contribution in [0.4, 0.5) is 0 Å². The summed E-state index contributed by atoms with van der Waals surface area (Å²) in [5.74, 6) is -0.436. The summed E-state index contributed by atoms with van der Waals surface area (Å²) < 4.78 is 11.7. The molecule has 1 saturated heterocycles. The first kappa shape index (κ1) is 17.5. The highest BCUT2D eigenvalue weighted by atomic mass is 16.7. The number of hydrogen-bond donors (Lipinski definition) is 0. The molecule has 0 amide bonds. The van der Waals surface area contributed by atoms with Crippen molar-refractivity contribution in [2.75, 3.05) is 13.2 Å². The lowest BCUT2D eigenvalue weighted by Crippen LogP contribution is -2.46. The molecular formula is C18H32O2. The Labute approximate surface area is 125 Å². The van der Waals surface area contributed by atoms with Crippen LogP contribution in [0.1, 0.15) is 65.7 Å². The first-order valence-electron chi connectivity index (χ1n) is 8.07. The van der Waals surface area contributed by atoms with Crippen molar-refractivity contribution in [2.24, 2.45) is 5.41 Å². The quantitative estimate of drug-likeness (QED) is 0.424. The van der Waals surface area contributed by atoms with E-state index in [0.29, 0.717) is 0 Å². The Balaban J connectivity index is 2.36. The molecular weight excluding hydrogens is 248 g/mol. The Morgan fingerprint density at radius 3 is 2.30 bits per heavy atom. The molecule has 0 unspecified atom stereocenters. The fourth-order valence-electron chi connectivity index (χ4n) is 2.50. The third-order valence-electron chi connectivity index (χ3n) is 3.97. The van der Waals surface area contributed by atoms with Gasteiger partial charge in [0.15, 0.2) is 5.79 Å². The Hall–Kier alpha value is -0.600. The molecule has 0 aromatic carbocycles. The molecule has 1 heterocycles. The lowest BCUT2D eigenvalue weighted by molar-refractivity contribution is -0.284. The van der Waals surface area contributed by atoms with Crippen LogP contribution in [-0.2, 0) is 9.47 Å². The number of hydrogen-bond acceptors (Lipinski definition) is 2. The molecule has 2 nitrogen and oxygen atoms in total. The van der Waals surface area contributed by atoms with Crippen LogP contribution in [-0.4, -0.2) is 19.0 Å². The Morgan fingerprint density at radius 2 is 1.70 bits per heavy atom. The largest absolute Gasteiger partial charge is 0.350 e. The number of allylic oxidation sites excluding steroid dienone is 3. The molecule has 0 atom stereocenters. The van der Waals surface area contributed by atoms with Crippen molar-refractivity contribution in [2.45, 2.75) is 71.5 Å². The maximum atomic E-state index is 5.84. The van der Waals surface area contributed by atoms with Crippen molar-refractivity contribution in [3.8, 4) is 0 Å². The van der Waals surface area contributed by atoms with Gasteiger partial charge in [-0.1, -0.05) is 44.4 Å². The maximum absolute atomic E-state index is 5.84. The third kappa shape index (κ3) is 6.23. The lowest BCUT2D eigenvalue weighted by Gasteiger charge is -2.42. The van der Waals surface area contributed by atoms with Crippen LogP contribution in [0.5, 0.6) is 0 Å². The predicted molar refractivity (Wildman–Crippen MR) is 85.7 cm³/mol. The van der Waals surface area contributed by atoms with Gasteiger partial charge in [0.1, 0.15) is 0 Å². The minimum absolute atomic E-state index is 0.0805. The zero-order chi connectivity index (χ0) is 14.9. The summed E-state index contributed by atoms with van der Waals surface area (Å²) >= 11 is 0. The van der Waals surface area contributed by atoms with Crippen molar-refractivity contribution in [3.05, 3.63) is 24.8 Å².